The SMILES string of the molecule is Cc1ccc(C2=NNC(=O)[C@H](N)C2)cc1. The summed E-state index contributed by atoms with van der Waals surface area (Å²) in [5, 5.41) is 4.00. The van der Waals surface area contributed by atoms with Crippen LogP contribution in [0.1, 0.15) is 17.5 Å². The second kappa shape index (κ2) is 3.82. The van der Waals surface area contributed by atoms with Crippen LogP contribution in [0.25, 0.3) is 0 Å². The monoisotopic (exact) mass is 203 g/mol. The summed E-state index contributed by atoms with van der Waals surface area (Å²) in [5.74, 6) is -0.217. The fraction of sp³-hybridized carbons (Fsp3) is 0.273. The number of hydrogen-bond donors (Lipinski definition) is 2. The minimum atomic E-state index is -0.487. The Morgan fingerprint density at radius 1 is 1.40 bits per heavy atom. The highest BCUT2D eigenvalue weighted by molar-refractivity contribution is 6.05. The maximum Gasteiger partial charge on any atom is 0.257 e. The van der Waals surface area contributed by atoms with Gasteiger partial charge in [-0.3, -0.25) is 4.79 Å². The van der Waals surface area contributed by atoms with Crippen LogP contribution in [0.15, 0.2) is 29.4 Å². The smallest absolute Gasteiger partial charge is 0.257 e. The zero-order valence-corrected chi connectivity index (χ0v) is 8.53. The Labute approximate surface area is 88.2 Å². The molecule has 3 N–H and O–H groups in total. The summed E-state index contributed by atoms with van der Waals surface area (Å²) in [7, 11) is 0. The lowest BCUT2D eigenvalue weighted by Gasteiger charge is -2.17. The normalized spacial score (nSPS) is 20.8. The number of hydrazone groups is 1. The van der Waals surface area contributed by atoms with Crippen molar-refractivity contribution in [1.82, 2.24) is 5.43 Å². The quantitative estimate of drug-likeness (QED) is 0.699. The van der Waals surface area contributed by atoms with E-state index in [1.807, 2.05) is 31.2 Å². The van der Waals surface area contributed by atoms with E-state index in [2.05, 4.69) is 10.5 Å². The molecular formula is C11H13N3O. The van der Waals surface area contributed by atoms with E-state index in [1.165, 1.54) is 5.56 Å². The summed E-state index contributed by atoms with van der Waals surface area (Å²) in [6.07, 6.45) is 0.495. The molecular weight excluding hydrogens is 190 g/mol. The number of amides is 1. The number of aryl methyl sites for hydroxylation is 1. The van der Waals surface area contributed by atoms with Crippen LogP contribution in [0, 0.1) is 6.92 Å². The van der Waals surface area contributed by atoms with Gasteiger partial charge in [-0.05, 0) is 12.5 Å². The number of rotatable bonds is 1. The summed E-state index contributed by atoms with van der Waals surface area (Å²) in [6.45, 7) is 2.03. The van der Waals surface area contributed by atoms with Gasteiger partial charge in [0.15, 0.2) is 0 Å². The highest BCUT2D eigenvalue weighted by Crippen LogP contribution is 2.10. The fourth-order valence-electron chi connectivity index (χ4n) is 1.48. The summed E-state index contributed by atoms with van der Waals surface area (Å²) < 4.78 is 0. The van der Waals surface area contributed by atoms with Crippen molar-refractivity contribution in [2.45, 2.75) is 19.4 Å². The molecule has 0 aliphatic carbocycles. The molecule has 78 valence electrons. The Bertz CT molecular complexity index is 408. The number of nitrogens with zero attached hydrogens (tertiary/aromatic N) is 1. The molecule has 1 atom stereocenters. The first kappa shape index (κ1) is 9.86. The van der Waals surface area contributed by atoms with Gasteiger partial charge in [-0.25, -0.2) is 5.43 Å². The van der Waals surface area contributed by atoms with E-state index in [0.717, 1.165) is 11.3 Å². The molecule has 1 aromatic carbocycles. The molecule has 0 radical (unpaired) electrons. The fourth-order valence-corrected chi connectivity index (χ4v) is 1.48. The van der Waals surface area contributed by atoms with Gasteiger partial charge in [0.1, 0.15) is 0 Å². The van der Waals surface area contributed by atoms with Crippen molar-refractivity contribution in [3.05, 3.63) is 35.4 Å². The summed E-state index contributed by atoms with van der Waals surface area (Å²) >= 11 is 0. The molecule has 0 fully saturated rings. The molecule has 1 heterocycles. The van der Waals surface area contributed by atoms with E-state index in [1.54, 1.807) is 0 Å². The summed E-state index contributed by atoms with van der Waals surface area (Å²) in [4.78, 5) is 11.1. The first-order valence-corrected chi connectivity index (χ1v) is 4.86. The van der Waals surface area contributed by atoms with E-state index >= 15 is 0 Å². The Balaban J connectivity index is 2.25. The largest absolute Gasteiger partial charge is 0.320 e. The molecule has 0 saturated carbocycles. The summed E-state index contributed by atoms with van der Waals surface area (Å²) in [5.41, 5.74) is 11.1. The first-order chi connectivity index (χ1) is 7.16. The van der Waals surface area contributed by atoms with Crippen molar-refractivity contribution >= 4 is 11.6 Å². The molecule has 4 heteroatoms. The van der Waals surface area contributed by atoms with Crippen molar-refractivity contribution in [3.63, 3.8) is 0 Å². The number of carbonyl (C=O) groups excluding carboxylic acids is 1. The molecule has 0 spiro atoms. The highest BCUT2D eigenvalue weighted by Gasteiger charge is 2.21. The maximum atomic E-state index is 11.1. The van der Waals surface area contributed by atoms with Crippen molar-refractivity contribution in [2.24, 2.45) is 10.8 Å². The minimum Gasteiger partial charge on any atom is -0.320 e. The van der Waals surface area contributed by atoms with Gasteiger partial charge >= 0.3 is 0 Å². The van der Waals surface area contributed by atoms with E-state index in [4.69, 9.17) is 5.73 Å². The predicted octanol–water partition coefficient (Wildman–Crippen LogP) is 0.546. The topological polar surface area (TPSA) is 67.5 Å². The average Bonchev–Trinajstić information content (AvgIpc) is 2.23. The van der Waals surface area contributed by atoms with Crippen molar-refractivity contribution in [2.75, 3.05) is 0 Å². The van der Waals surface area contributed by atoms with Crippen LogP contribution in [0.4, 0.5) is 0 Å². The molecule has 1 aromatic rings. The van der Waals surface area contributed by atoms with Crippen molar-refractivity contribution in [1.29, 1.82) is 0 Å². The molecule has 0 aromatic heterocycles. The molecule has 0 unspecified atom stereocenters. The van der Waals surface area contributed by atoms with E-state index in [9.17, 15) is 4.79 Å². The van der Waals surface area contributed by atoms with E-state index in [0.29, 0.717) is 6.42 Å². The van der Waals surface area contributed by atoms with Gasteiger partial charge in [-0.1, -0.05) is 29.8 Å². The van der Waals surface area contributed by atoms with Crippen LogP contribution < -0.4 is 11.2 Å². The summed E-state index contributed by atoms with van der Waals surface area (Å²) in [6, 6.07) is 7.51. The number of nitrogens with one attached hydrogen (secondary N) is 1. The third-order valence-electron chi connectivity index (χ3n) is 2.44. The van der Waals surface area contributed by atoms with Gasteiger partial charge in [-0.2, -0.15) is 5.10 Å². The third-order valence-corrected chi connectivity index (χ3v) is 2.44. The maximum absolute atomic E-state index is 11.1. The van der Waals surface area contributed by atoms with Crippen LogP contribution in [0.2, 0.25) is 0 Å². The molecule has 0 bridgehead atoms. The van der Waals surface area contributed by atoms with Gasteiger partial charge in [0.2, 0.25) is 0 Å². The van der Waals surface area contributed by atoms with Gasteiger partial charge in [0.25, 0.3) is 5.91 Å². The standard InChI is InChI=1S/C11H13N3O/c1-7-2-4-8(5-3-7)10-6-9(12)11(15)14-13-10/h2-5,9H,6,12H2,1H3,(H,14,15)/t9-/m1/s1. The lowest BCUT2D eigenvalue weighted by Crippen LogP contribution is -2.44. The predicted molar refractivity (Wildman–Crippen MR) is 58.5 cm³/mol. The second-order valence-corrected chi connectivity index (χ2v) is 3.71. The lowest BCUT2D eigenvalue weighted by molar-refractivity contribution is -0.122. The molecule has 2 rings (SSSR count). The lowest BCUT2D eigenvalue weighted by atomic mass is 10.0. The molecule has 15 heavy (non-hydrogen) atoms. The zero-order valence-electron chi connectivity index (χ0n) is 8.53. The third kappa shape index (κ3) is 2.05. The van der Waals surface area contributed by atoms with Crippen LogP contribution in [0.5, 0.6) is 0 Å². The molecule has 4 nitrogen and oxygen atoms in total. The Kier molecular flexibility index (Phi) is 2.51. The van der Waals surface area contributed by atoms with Gasteiger partial charge in [0, 0.05) is 6.42 Å². The van der Waals surface area contributed by atoms with Gasteiger partial charge in [0.05, 0.1) is 11.8 Å². The molecule has 1 aliphatic heterocycles. The molecule has 1 amide bonds. The number of nitrogens with two attached hydrogens (primary N) is 1. The highest BCUT2D eigenvalue weighted by atomic mass is 16.2. The zero-order chi connectivity index (χ0) is 10.8. The van der Waals surface area contributed by atoms with Crippen LogP contribution in [-0.2, 0) is 4.79 Å². The van der Waals surface area contributed by atoms with Crippen LogP contribution >= 0.6 is 0 Å². The Hall–Kier alpha value is -1.68. The van der Waals surface area contributed by atoms with E-state index in [-0.39, 0.29) is 5.91 Å². The van der Waals surface area contributed by atoms with Crippen LogP contribution in [0.3, 0.4) is 0 Å². The minimum absolute atomic E-state index is 0.217. The van der Waals surface area contributed by atoms with Gasteiger partial charge < -0.3 is 5.73 Å². The Morgan fingerprint density at radius 3 is 2.67 bits per heavy atom. The average molecular weight is 203 g/mol. The van der Waals surface area contributed by atoms with Crippen molar-refractivity contribution < 1.29 is 4.79 Å². The molecule has 1 aliphatic rings. The van der Waals surface area contributed by atoms with Crippen LogP contribution in [-0.4, -0.2) is 17.7 Å². The van der Waals surface area contributed by atoms with E-state index < -0.39 is 6.04 Å². The number of hydrogen-bond acceptors (Lipinski definition) is 3. The number of carbonyl (C=O) groups is 1. The Morgan fingerprint density at radius 2 is 2.07 bits per heavy atom. The van der Waals surface area contributed by atoms with Gasteiger partial charge in [-0.15, -0.1) is 0 Å². The number of benzene rings is 1. The first-order valence-electron chi connectivity index (χ1n) is 4.86. The second-order valence-electron chi connectivity index (χ2n) is 3.71. The van der Waals surface area contributed by atoms with Crippen molar-refractivity contribution in [3.8, 4) is 0 Å². The molecule has 0 saturated heterocycles.